The molecule has 0 radical (unpaired) electrons. The first kappa shape index (κ1) is 10.8. The molecule has 0 saturated heterocycles. The molecule has 1 aromatic heterocycles. The van der Waals surface area contributed by atoms with Crippen molar-refractivity contribution in [3.05, 3.63) is 36.1 Å². The molecule has 0 aliphatic rings. The van der Waals surface area contributed by atoms with Crippen LogP contribution < -0.4 is 0 Å². The first-order valence-electron chi connectivity index (χ1n) is 5.34. The van der Waals surface area contributed by atoms with Crippen molar-refractivity contribution in [3.8, 4) is 12.3 Å². The molecule has 0 aliphatic carbocycles. The summed E-state index contributed by atoms with van der Waals surface area (Å²) in [7, 11) is 2.00. The van der Waals surface area contributed by atoms with Gasteiger partial charge in [0, 0.05) is 5.39 Å². The third-order valence-electron chi connectivity index (χ3n) is 2.86. The molecule has 2 rings (SSSR count). The molecule has 1 aromatic carbocycles. The van der Waals surface area contributed by atoms with Crippen LogP contribution in [0, 0.1) is 12.3 Å². The van der Waals surface area contributed by atoms with E-state index in [1.165, 1.54) is 0 Å². The molecular formula is C14H15NO. The van der Waals surface area contributed by atoms with E-state index in [0.29, 0.717) is 6.54 Å². The zero-order valence-electron chi connectivity index (χ0n) is 9.60. The Morgan fingerprint density at radius 2 is 2.19 bits per heavy atom. The third-order valence-corrected chi connectivity index (χ3v) is 2.86. The minimum Gasteiger partial charge on any atom is -0.459 e. The lowest BCUT2D eigenvalue weighted by Crippen LogP contribution is -2.22. The molecule has 2 nitrogen and oxygen atoms in total. The molecule has 0 N–H and O–H groups in total. The second-order valence-electron chi connectivity index (χ2n) is 3.98. The average Bonchev–Trinajstić information content (AvgIpc) is 2.71. The summed E-state index contributed by atoms with van der Waals surface area (Å²) in [6.45, 7) is 2.72. The lowest BCUT2D eigenvalue weighted by Gasteiger charge is -2.19. The van der Waals surface area contributed by atoms with E-state index in [-0.39, 0.29) is 6.04 Å². The van der Waals surface area contributed by atoms with Gasteiger partial charge >= 0.3 is 0 Å². The molecule has 2 heteroatoms. The molecule has 0 aliphatic heterocycles. The molecule has 0 spiro atoms. The number of hydrogen-bond acceptors (Lipinski definition) is 2. The number of nitrogens with zero attached hydrogens (tertiary/aromatic N) is 1. The molecule has 0 bridgehead atoms. The van der Waals surface area contributed by atoms with E-state index in [4.69, 9.17) is 10.8 Å². The van der Waals surface area contributed by atoms with Crippen LogP contribution in [0.15, 0.2) is 34.7 Å². The van der Waals surface area contributed by atoms with Gasteiger partial charge in [0.25, 0.3) is 0 Å². The quantitative estimate of drug-likeness (QED) is 0.728. The summed E-state index contributed by atoms with van der Waals surface area (Å²) in [5.41, 5.74) is 0.929. The van der Waals surface area contributed by atoms with Gasteiger partial charge in [0.1, 0.15) is 11.3 Å². The Kier molecular flexibility index (Phi) is 2.98. The monoisotopic (exact) mass is 213 g/mol. The first-order valence-corrected chi connectivity index (χ1v) is 5.34. The summed E-state index contributed by atoms with van der Waals surface area (Å²) in [4.78, 5) is 2.08. The van der Waals surface area contributed by atoms with Gasteiger partial charge in [-0.3, -0.25) is 4.90 Å². The summed E-state index contributed by atoms with van der Waals surface area (Å²) in [5, 5.41) is 1.14. The minimum atomic E-state index is 0.198. The van der Waals surface area contributed by atoms with Crippen LogP contribution in [-0.2, 0) is 0 Å². The van der Waals surface area contributed by atoms with Crippen molar-refractivity contribution in [1.29, 1.82) is 0 Å². The highest BCUT2D eigenvalue weighted by molar-refractivity contribution is 5.77. The van der Waals surface area contributed by atoms with Crippen LogP contribution in [0.5, 0.6) is 0 Å². The first-order chi connectivity index (χ1) is 7.72. The summed E-state index contributed by atoms with van der Waals surface area (Å²) >= 11 is 0. The lowest BCUT2D eigenvalue weighted by atomic mass is 10.2. The molecule has 0 saturated carbocycles. The van der Waals surface area contributed by atoms with Gasteiger partial charge in [-0.05, 0) is 26.1 Å². The van der Waals surface area contributed by atoms with Crippen molar-refractivity contribution in [1.82, 2.24) is 4.90 Å². The van der Waals surface area contributed by atoms with Crippen LogP contribution in [0.2, 0.25) is 0 Å². The fourth-order valence-corrected chi connectivity index (χ4v) is 1.71. The normalized spacial score (nSPS) is 12.9. The Balaban J connectivity index is 2.30. The van der Waals surface area contributed by atoms with Gasteiger partial charge in [0.05, 0.1) is 12.6 Å². The highest BCUT2D eigenvalue weighted by Crippen LogP contribution is 2.26. The number of benzene rings is 1. The average molecular weight is 213 g/mol. The molecule has 1 unspecified atom stereocenters. The summed E-state index contributed by atoms with van der Waals surface area (Å²) in [6, 6.07) is 10.3. The predicted octanol–water partition coefficient (Wildman–Crippen LogP) is 3.06. The fraction of sp³-hybridized carbons (Fsp3) is 0.286. The van der Waals surface area contributed by atoms with E-state index in [0.717, 1.165) is 16.7 Å². The van der Waals surface area contributed by atoms with E-state index in [1.54, 1.807) is 0 Å². The van der Waals surface area contributed by atoms with Gasteiger partial charge in [-0.25, -0.2) is 0 Å². The molecule has 2 aromatic rings. The summed E-state index contributed by atoms with van der Waals surface area (Å²) in [5.74, 6) is 3.59. The smallest absolute Gasteiger partial charge is 0.134 e. The van der Waals surface area contributed by atoms with E-state index < -0.39 is 0 Å². The Morgan fingerprint density at radius 1 is 1.44 bits per heavy atom. The Hall–Kier alpha value is -1.72. The highest BCUT2D eigenvalue weighted by atomic mass is 16.3. The van der Waals surface area contributed by atoms with Crippen molar-refractivity contribution in [2.45, 2.75) is 13.0 Å². The lowest BCUT2D eigenvalue weighted by molar-refractivity contribution is 0.261. The second-order valence-corrected chi connectivity index (χ2v) is 3.98. The predicted molar refractivity (Wildman–Crippen MR) is 66.1 cm³/mol. The SMILES string of the molecule is C#CCN(C)C(C)c1cc2ccccc2o1. The molecule has 82 valence electrons. The second kappa shape index (κ2) is 4.42. The summed E-state index contributed by atoms with van der Waals surface area (Å²) < 4.78 is 5.79. The largest absolute Gasteiger partial charge is 0.459 e. The maximum absolute atomic E-state index is 5.79. The molecule has 0 amide bonds. The van der Waals surface area contributed by atoms with Crippen LogP contribution in [-0.4, -0.2) is 18.5 Å². The van der Waals surface area contributed by atoms with Crippen LogP contribution >= 0.6 is 0 Å². The number of para-hydroxylation sites is 1. The van der Waals surface area contributed by atoms with Crippen molar-refractivity contribution in [2.24, 2.45) is 0 Å². The van der Waals surface area contributed by atoms with Crippen LogP contribution in [0.25, 0.3) is 11.0 Å². The van der Waals surface area contributed by atoms with Gasteiger partial charge in [0.15, 0.2) is 0 Å². The van der Waals surface area contributed by atoms with Gasteiger partial charge in [0.2, 0.25) is 0 Å². The minimum absolute atomic E-state index is 0.198. The van der Waals surface area contributed by atoms with E-state index in [9.17, 15) is 0 Å². The van der Waals surface area contributed by atoms with Crippen LogP contribution in [0.3, 0.4) is 0 Å². The number of hydrogen-bond donors (Lipinski definition) is 0. The van der Waals surface area contributed by atoms with Gasteiger partial charge in [-0.2, -0.15) is 0 Å². The Morgan fingerprint density at radius 3 is 2.88 bits per heavy atom. The van der Waals surface area contributed by atoms with E-state index >= 15 is 0 Å². The molecule has 1 atom stereocenters. The van der Waals surface area contributed by atoms with Crippen LogP contribution in [0.4, 0.5) is 0 Å². The number of rotatable bonds is 3. The molecule has 16 heavy (non-hydrogen) atoms. The Labute approximate surface area is 95.9 Å². The van der Waals surface area contributed by atoms with Crippen molar-refractivity contribution in [3.63, 3.8) is 0 Å². The number of fused-ring (bicyclic) bond motifs is 1. The topological polar surface area (TPSA) is 16.4 Å². The number of terminal acetylenes is 1. The maximum atomic E-state index is 5.79. The zero-order chi connectivity index (χ0) is 11.5. The van der Waals surface area contributed by atoms with Crippen molar-refractivity contribution < 1.29 is 4.42 Å². The Bertz CT molecular complexity index is 488. The number of furan rings is 1. The summed E-state index contributed by atoms with van der Waals surface area (Å²) in [6.07, 6.45) is 5.30. The third kappa shape index (κ3) is 1.95. The van der Waals surface area contributed by atoms with E-state index in [2.05, 4.69) is 29.9 Å². The van der Waals surface area contributed by atoms with Gasteiger partial charge < -0.3 is 4.42 Å². The standard InChI is InChI=1S/C14H15NO/c1-4-9-15(3)11(2)14-10-12-7-5-6-8-13(12)16-14/h1,5-8,10-11H,9H2,2-3H3. The van der Waals surface area contributed by atoms with Crippen LogP contribution in [0.1, 0.15) is 18.7 Å². The maximum Gasteiger partial charge on any atom is 0.134 e. The van der Waals surface area contributed by atoms with Crippen molar-refractivity contribution in [2.75, 3.05) is 13.6 Å². The van der Waals surface area contributed by atoms with Gasteiger partial charge in [-0.1, -0.05) is 24.1 Å². The van der Waals surface area contributed by atoms with E-state index in [1.807, 2.05) is 25.2 Å². The molecule has 0 fully saturated rings. The highest BCUT2D eigenvalue weighted by Gasteiger charge is 2.14. The molecular weight excluding hydrogens is 198 g/mol. The van der Waals surface area contributed by atoms with Crippen molar-refractivity contribution >= 4 is 11.0 Å². The molecule has 1 heterocycles. The van der Waals surface area contributed by atoms with Gasteiger partial charge in [-0.15, -0.1) is 6.42 Å². The zero-order valence-corrected chi connectivity index (χ0v) is 9.60. The fourth-order valence-electron chi connectivity index (χ4n) is 1.71.